The molecule has 0 aromatic rings. The van der Waals surface area contributed by atoms with Gasteiger partial charge in [0, 0.05) is 28.3 Å². The number of nitrogens with zero attached hydrogens (tertiary/aromatic N) is 1. The fraction of sp³-hybridized carbons (Fsp3) is 1.00. The number of hydrogen-bond acceptors (Lipinski definition) is 2. The molecule has 2 nitrogen and oxygen atoms in total. The van der Waals surface area contributed by atoms with E-state index in [1.807, 2.05) is 19.0 Å². The van der Waals surface area contributed by atoms with Crippen LogP contribution in [-0.4, -0.2) is 37.3 Å². The zero-order valence-corrected chi connectivity index (χ0v) is 6.37. The Bertz CT molecular complexity index is 32.9. The maximum atomic E-state index is 8.20. The summed E-state index contributed by atoms with van der Waals surface area (Å²) in [5, 5.41) is 8.20. The topological polar surface area (TPSA) is 23.5 Å². The molecule has 0 unspecified atom stereocenters. The first-order chi connectivity index (χ1) is 2.77. The third kappa shape index (κ3) is 10.8. The Morgan fingerprint density at radius 3 is 1.86 bits per heavy atom. The normalized spacial score (nSPS) is 8.57. The third-order valence-corrected chi connectivity index (χ3v) is 0.547. The van der Waals surface area contributed by atoms with Crippen molar-refractivity contribution in [1.29, 1.82) is 0 Å². The van der Waals surface area contributed by atoms with Gasteiger partial charge in [-0.15, -0.1) is 0 Å². The molecular formula is C4H11NOTi. The number of likely N-dealkylation sites (N-methyl/N-ethyl adjacent to an activating group) is 1. The summed E-state index contributed by atoms with van der Waals surface area (Å²) in [6.45, 7) is 1.02. The molecule has 0 spiro atoms. The molecule has 0 saturated heterocycles. The van der Waals surface area contributed by atoms with Gasteiger partial charge in [0.05, 0.1) is 6.61 Å². The first-order valence-electron chi connectivity index (χ1n) is 2.03. The molecule has 0 aliphatic heterocycles. The van der Waals surface area contributed by atoms with Crippen LogP contribution in [0.2, 0.25) is 0 Å². The molecule has 0 aromatic carbocycles. The predicted molar refractivity (Wildman–Crippen MR) is 25.6 cm³/mol. The Hall–Kier alpha value is 0.634. The second-order valence-corrected chi connectivity index (χ2v) is 1.53. The molecule has 0 amide bonds. The van der Waals surface area contributed by atoms with Crippen LogP contribution in [0.5, 0.6) is 0 Å². The number of hydrogen-bond donors (Lipinski definition) is 1. The van der Waals surface area contributed by atoms with Crippen LogP contribution in [0.4, 0.5) is 0 Å². The van der Waals surface area contributed by atoms with Crippen molar-refractivity contribution in [3.8, 4) is 0 Å². The van der Waals surface area contributed by atoms with Gasteiger partial charge in [-0.25, -0.2) is 0 Å². The van der Waals surface area contributed by atoms with E-state index in [0.29, 0.717) is 0 Å². The average molecular weight is 137 g/mol. The van der Waals surface area contributed by atoms with Crippen LogP contribution in [0.1, 0.15) is 0 Å². The van der Waals surface area contributed by atoms with Gasteiger partial charge in [-0.05, 0) is 14.1 Å². The first kappa shape index (κ1) is 10.6. The molecule has 0 heterocycles. The Morgan fingerprint density at radius 1 is 1.43 bits per heavy atom. The molecule has 3 heteroatoms. The molecule has 0 bridgehead atoms. The molecule has 0 fully saturated rings. The summed E-state index contributed by atoms with van der Waals surface area (Å²) in [5.41, 5.74) is 0. The van der Waals surface area contributed by atoms with E-state index >= 15 is 0 Å². The fourth-order valence-electron chi connectivity index (χ4n) is 0.200. The van der Waals surface area contributed by atoms with E-state index in [9.17, 15) is 0 Å². The summed E-state index contributed by atoms with van der Waals surface area (Å²) in [6.07, 6.45) is 0. The molecule has 42 valence electrons. The van der Waals surface area contributed by atoms with Gasteiger partial charge in [-0.2, -0.15) is 0 Å². The van der Waals surface area contributed by atoms with Gasteiger partial charge in [-0.3, -0.25) is 0 Å². The fourth-order valence-corrected chi connectivity index (χ4v) is 0.200. The number of aliphatic hydroxyl groups is 1. The quantitative estimate of drug-likeness (QED) is 0.520. The maximum Gasteiger partial charge on any atom is 0.0558 e. The van der Waals surface area contributed by atoms with Crippen molar-refractivity contribution in [2.75, 3.05) is 27.2 Å². The molecular weight excluding hydrogens is 126 g/mol. The summed E-state index contributed by atoms with van der Waals surface area (Å²) in [6, 6.07) is 0. The summed E-state index contributed by atoms with van der Waals surface area (Å²) in [4.78, 5) is 1.93. The Balaban J connectivity index is 0. The van der Waals surface area contributed by atoms with Crippen molar-refractivity contribution in [1.82, 2.24) is 4.90 Å². The molecule has 1 N–H and O–H groups in total. The van der Waals surface area contributed by atoms with Crippen LogP contribution in [0.25, 0.3) is 0 Å². The maximum absolute atomic E-state index is 8.20. The number of aliphatic hydroxyl groups excluding tert-OH is 1. The van der Waals surface area contributed by atoms with Gasteiger partial charge >= 0.3 is 0 Å². The van der Waals surface area contributed by atoms with Crippen molar-refractivity contribution >= 4 is 0 Å². The monoisotopic (exact) mass is 137 g/mol. The largest absolute Gasteiger partial charge is 0.395 e. The van der Waals surface area contributed by atoms with Crippen molar-refractivity contribution in [2.24, 2.45) is 0 Å². The van der Waals surface area contributed by atoms with E-state index in [0.717, 1.165) is 6.54 Å². The first-order valence-corrected chi connectivity index (χ1v) is 2.03. The van der Waals surface area contributed by atoms with E-state index < -0.39 is 0 Å². The number of rotatable bonds is 2. The van der Waals surface area contributed by atoms with Gasteiger partial charge in [0.15, 0.2) is 0 Å². The summed E-state index contributed by atoms with van der Waals surface area (Å²) >= 11 is 0. The van der Waals surface area contributed by atoms with Crippen molar-refractivity contribution in [2.45, 2.75) is 0 Å². The summed E-state index contributed by atoms with van der Waals surface area (Å²) in [5.74, 6) is 0. The van der Waals surface area contributed by atoms with Crippen LogP contribution in [0, 0.1) is 0 Å². The van der Waals surface area contributed by atoms with Crippen LogP contribution < -0.4 is 0 Å². The molecule has 7 heavy (non-hydrogen) atoms. The van der Waals surface area contributed by atoms with Crippen molar-refractivity contribution in [3.63, 3.8) is 0 Å². The minimum atomic E-state index is 0. The van der Waals surface area contributed by atoms with Gasteiger partial charge in [-0.1, -0.05) is 0 Å². The van der Waals surface area contributed by atoms with Crippen molar-refractivity contribution in [3.05, 3.63) is 0 Å². The molecule has 0 saturated carbocycles. The van der Waals surface area contributed by atoms with Crippen LogP contribution in [-0.2, 0) is 21.7 Å². The molecule has 0 radical (unpaired) electrons. The molecule has 0 atom stereocenters. The Labute approximate surface area is 59.4 Å². The standard InChI is InChI=1S/C4H11NO.Ti/c1-5(2)3-4-6;/h6H,3-4H2,1-2H3;. The van der Waals surface area contributed by atoms with E-state index in [1.165, 1.54) is 0 Å². The van der Waals surface area contributed by atoms with Crippen LogP contribution in [0.15, 0.2) is 0 Å². The van der Waals surface area contributed by atoms with Gasteiger partial charge in [0.25, 0.3) is 0 Å². The minimum Gasteiger partial charge on any atom is -0.395 e. The second kappa shape index (κ2) is 6.63. The van der Waals surface area contributed by atoms with E-state index in [1.54, 1.807) is 0 Å². The summed E-state index contributed by atoms with van der Waals surface area (Å²) < 4.78 is 0. The van der Waals surface area contributed by atoms with Gasteiger partial charge in [0.2, 0.25) is 0 Å². The van der Waals surface area contributed by atoms with E-state index in [2.05, 4.69) is 0 Å². The Kier molecular flexibility index (Phi) is 10.0. The van der Waals surface area contributed by atoms with Gasteiger partial charge in [0.1, 0.15) is 0 Å². The molecule has 0 rings (SSSR count). The van der Waals surface area contributed by atoms with Crippen molar-refractivity contribution < 1.29 is 26.8 Å². The smallest absolute Gasteiger partial charge is 0.0558 e. The Morgan fingerprint density at radius 2 is 1.86 bits per heavy atom. The molecule has 0 aliphatic carbocycles. The second-order valence-electron chi connectivity index (χ2n) is 1.53. The predicted octanol–water partition coefficient (Wildman–Crippen LogP) is -0.462. The molecule has 0 aromatic heterocycles. The van der Waals surface area contributed by atoms with Crippen LogP contribution >= 0.6 is 0 Å². The zero-order chi connectivity index (χ0) is 4.99. The van der Waals surface area contributed by atoms with Crippen LogP contribution in [0.3, 0.4) is 0 Å². The average Bonchev–Trinajstić information content (AvgIpc) is 1.35. The zero-order valence-electron chi connectivity index (χ0n) is 4.81. The third-order valence-electron chi connectivity index (χ3n) is 0.547. The SMILES string of the molecule is CN(C)CCO.[Ti]. The van der Waals surface area contributed by atoms with Gasteiger partial charge < -0.3 is 10.0 Å². The minimum absolute atomic E-state index is 0. The molecule has 0 aliphatic rings. The van der Waals surface area contributed by atoms with E-state index in [-0.39, 0.29) is 28.3 Å². The summed E-state index contributed by atoms with van der Waals surface area (Å²) in [7, 11) is 3.85. The van der Waals surface area contributed by atoms with E-state index in [4.69, 9.17) is 5.11 Å².